The molecular weight excluding hydrogens is 448 g/mol. The van der Waals surface area contributed by atoms with E-state index in [0.29, 0.717) is 54.7 Å². The molecule has 0 spiro atoms. The Kier molecular flexibility index (Phi) is 5.92. The molecule has 4 aromatic rings. The number of carbonyl (C=O) groups is 1. The van der Waals surface area contributed by atoms with Gasteiger partial charge in [-0.1, -0.05) is 12.1 Å². The van der Waals surface area contributed by atoms with E-state index in [4.69, 9.17) is 9.15 Å². The first-order chi connectivity index (χ1) is 16.9. The van der Waals surface area contributed by atoms with E-state index in [1.54, 1.807) is 12.1 Å². The standard InChI is InChI=1S/C26H24N4O5/c1-16-3-7-21-24(13-16)35-26(28-21)18-5-4-17(2)22(14-18)27-25(31)20-15-19(30(32)33)6-8-23(20)29-9-11-34-12-10-29/h3-8,13-15H,9-12H2,1-2H3,(H,27,31). The molecule has 0 bridgehead atoms. The molecule has 9 nitrogen and oxygen atoms in total. The van der Waals surface area contributed by atoms with Crippen LogP contribution in [0.25, 0.3) is 22.6 Å². The van der Waals surface area contributed by atoms with Gasteiger partial charge < -0.3 is 19.4 Å². The molecule has 1 aliphatic heterocycles. The van der Waals surface area contributed by atoms with Gasteiger partial charge in [-0.25, -0.2) is 4.98 Å². The maximum atomic E-state index is 13.4. The number of morpholine rings is 1. The number of carbonyl (C=O) groups excluding carboxylic acids is 1. The molecule has 178 valence electrons. The molecule has 35 heavy (non-hydrogen) atoms. The molecule has 3 aromatic carbocycles. The van der Waals surface area contributed by atoms with Gasteiger partial charge in [0, 0.05) is 36.5 Å². The molecule has 1 N–H and O–H groups in total. The van der Waals surface area contributed by atoms with Crippen molar-refractivity contribution in [1.82, 2.24) is 4.98 Å². The van der Waals surface area contributed by atoms with Gasteiger partial charge in [0.15, 0.2) is 5.58 Å². The second-order valence-electron chi connectivity index (χ2n) is 8.53. The predicted molar refractivity (Wildman–Crippen MR) is 133 cm³/mol. The van der Waals surface area contributed by atoms with Crippen LogP contribution in [0.4, 0.5) is 17.1 Å². The Morgan fingerprint density at radius 1 is 1.06 bits per heavy atom. The van der Waals surface area contributed by atoms with Crippen LogP contribution in [0.3, 0.4) is 0 Å². The van der Waals surface area contributed by atoms with Gasteiger partial charge in [0.25, 0.3) is 11.6 Å². The number of aryl methyl sites for hydroxylation is 2. The van der Waals surface area contributed by atoms with E-state index in [9.17, 15) is 14.9 Å². The van der Waals surface area contributed by atoms with E-state index in [1.807, 2.05) is 49.1 Å². The molecule has 0 saturated carbocycles. The van der Waals surface area contributed by atoms with Crippen molar-refractivity contribution in [3.05, 3.63) is 81.4 Å². The number of non-ortho nitro benzene ring substituents is 1. The molecule has 2 heterocycles. The summed E-state index contributed by atoms with van der Waals surface area (Å²) >= 11 is 0. The zero-order chi connectivity index (χ0) is 24.5. The molecule has 0 radical (unpaired) electrons. The fourth-order valence-corrected chi connectivity index (χ4v) is 4.13. The van der Waals surface area contributed by atoms with Crippen LogP contribution in [-0.2, 0) is 4.74 Å². The summed E-state index contributed by atoms with van der Waals surface area (Å²) in [4.78, 5) is 30.9. The molecule has 5 rings (SSSR count). The van der Waals surface area contributed by atoms with Crippen LogP contribution in [0.2, 0.25) is 0 Å². The highest BCUT2D eigenvalue weighted by Gasteiger charge is 2.23. The number of nitrogens with zero attached hydrogens (tertiary/aromatic N) is 3. The zero-order valence-corrected chi connectivity index (χ0v) is 19.4. The smallest absolute Gasteiger partial charge is 0.270 e. The first kappa shape index (κ1) is 22.5. The van der Waals surface area contributed by atoms with Crippen molar-refractivity contribution in [3.8, 4) is 11.5 Å². The van der Waals surface area contributed by atoms with Gasteiger partial charge in [0.2, 0.25) is 5.89 Å². The van der Waals surface area contributed by atoms with Gasteiger partial charge in [-0.05, 0) is 55.3 Å². The number of nitrogens with one attached hydrogen (secondary N) is 1. The van der Waals surface area contributed by atoms with Gasteiger partial charge in [-0.2, -0.15) is 0 Å². The van der Waals surface area contributed by atoms with Gasteiger partial charge >= 0.3 is 0 Å². The largest absolute Gasteiger partial charge is 0.436 e. The van der Waals surface area contributed by atoms with Crippen molar-refractivity contribution in [2.75, 3.05) is 36.5 Å². The highest BCUT2D eigenvalue weighted by Crippen LogP contribution is 2.31. The summed E-state index contributed by atoms with van der Waals surface area (Å²) in [5.41, 5.74) is 5.39. The van der Waals surface area contributed by atoms with Crippen molar-refractivity contribution in [1.29, 1.82) is 0 Å². The first-order valence-corrected chi connectivity index (χ1v) is 11.3. The maximum absolute atomic E-state index is 13.4. The number of oxazole rings is 1. The van der Waals surface area contributed by atoms with Crippen LogP contribution in [0.5, 0.6) is 0 Å². The van der Waals surface area contributed by atoms with Crippen molar-refractivity contribution >= 4 is 34.1 Å². The van der Waals surface area contributed by atoms with Crippen LogP contribution in [0.15, 0.2) is 59.0 Å². The average Bonchev–Trinajstić information content (AvgIpc) is 3.28. The van der Waals surface area contributed by atoms with E-state index >= 15 is 0 Å². The summed E-state index contributed by atoms with van der Waals surface area (Å²) in [5, 5.41) is 14.3. The van der Waals surface area contributed by atoms with Crippen LogP contribution < -0.4 is 10.2 Å². The number of nitro groups is 1. The Morgan fingerprint density at radius 3 is 2.63 bits per heavy atom. The second kappa shape index (κ2) is 9.19. The number of rotatable bonds is 5. The molecule has 1 saturated heterocycles. The fraction of sp³-hybridized carbons (Fsp3) is 0.231. The van der Waals surface area contributed by atoms with E-state index in [2.05, 4.69) is 10.3 Å². The minimum absolute atomic E-state index is 0.139. The minimum Gasteiger partial charge on any atom is -0.436 e. The number of hydrogen-bond acceptors (Lipinski definition) is 7. The van der Waals surface area contributed by atoms with Gasteiger partial charge in [-0.3, -0.25) is 14.9 Å². The zero-order valence-electron chi connectivity index (χ0n) is 19.4. The number of fused-ring (bicyclic) bond motifs is 1. The van der Waals surface area contributed by atoms with E-state index in [-0.39, 0.29) is 11.3 Å². The summed E-state index contributed by atoms with van der Waals surface area (Å²) < 4.78 is 11.4. The van der Waals surface area contributed by atoms with Crippen molar-refractivity contribution < 1.29 is 18.9 Å². The second-order valence-corrected chi connectivity index (χ2v) is 8.53. The maximum Gasteiger partial charge on any atom is 0.270 e. The lowest BCUT2D eigenvalue weighted by atomic mass is 10.1. The SMILES string of the molecule is Cc1ccc2nc(-c3ccc(C)c(NC(=O)c4cc([N+](=O)[O-])ccc4N4CCOCC4)c3)oc2c1. The van der Waals surface area contributed by atoms with Gasteiger partial charge in [0.05, 0.1) is 29.4 Å². The number of ether oxygens (including phenoxy) is 1. The number of aromatic nitrogens is 1. The molecule has 0 aliphatic carbocycles. The van der Waals surface area contributed by atoms with Gasteiger partial charge in [0.1, 0.15) is 5.52 Å². The predicted octanol–water partition coefficient (Wildman–Crippen LogP) is 5.11. The Balaban J connectivity index is 1.48. The number of anilines is 2. The van der Waals surface area contributed by atoms with Crippen molar-refractivity contribution in [2.24, 2.45) is 0 Å². The highest BCUT2D eigenvalue weighted by atomic mass is 16.6. The normalized spacial score (nSPS) is 13.7. The number of benzene rings is 3. The molecule has 1 amide bonds. The molecular formula is C26H24N4O5. The quantitative estimate of drug-likeness (QED) is 0.317. The van der Waals surface area contributed by atoms with E-state index < -0.39 is 10.8 Å². The fourth-order valence-electron chi connectivity index (χ4n) is 4.13. The lowest BCUT2D eigenvalue weighted by molar-refractivity contribution is -0.384. The van der Waals surface area contributed by atoms with Gasteiger partial charge in [-0.15, -0.1) is 0 Å². The Morgan fingerprint density at radius 2 is 1.86 bits per heavy atom. The number of hydrogen-bond donors (Lipinski definition) is 1. The molecule has 1 aliphatic rings. The average molecular weight is 473 g/mol. The third-order valence-corrected chi connectivity index (χ3v) is 6.06. The summed E-state index contributed by atoms with van der Waals surface area (Å²) in [7, 11) is 0. The Hall–Kier alpha value is -4.24. The summed E-state index contributed by atoms with van der Waals surface area (Å²) in [6.07, 6.45) is 0. The minimum atomic E-state index is -0.499. The molecule has 1 aromatic heterocycles. The van der Waals surface area contributed by atoms with Crippen LogP contribution in [-0.4, -0.2) is 42.1 Å². The van der Waals surface area contributed by atoms with Crippen molar-refractivity contribution in [2.45, 2.75) is 13.8 Å². The van der Waals surface area contributed by atoms with E-state index in [0.717, 1.165) is 16.6 Å². The number of amides is 1. The molecule has 0 atom stereocenters. The monoisotopic (exact) mass is 472 g/mol. The summed E-state index contributed by atoms with van der Waals surface area (Å²) in [6, 6.07) is 15.7. The van der Waals surface area contributed by atoms with Crippen LogP contribution in [0, 0.1) is 24.0 Å². The molecule has 1 fully saturated rings. The number of nitro benzene ring substituents is 1. The van der Waals surface area contributed by atoms with Crippen molar-refractivity contribution in [3.63, 3.8) is 0 Å². The third-order valence-electron chi connectivity index (χ3n) is 6.06. The third kappa shape index (κ3) is 4.58. The van der Waals surface area contributed by atoms with Crippen LogP contribution >= 0.6 is 0 Å². The van der Waals surface area contributed by atoms with E-state index in [1.165, 1.54) is 12.1 Å². The Bertz CT molecular complexity index is 1440. The Labute approximate surface area is 201 Å². The first-order valence-electron chi connectivity index (χ1n) is 11.3. The summed E-state index contributed by atoms with van der Waals surface area (Å²) in [5.74, 6) is 0.0223. The lowest BCUT2D eigenvalue weighted by Gasteiger charge is -2.30. The van der Waals surface area contributed by atoms with Crippen LogP contribution in [0.1, 0.15) is 21.5 Å². The molecule has 0 unspecified atom stereocenters. The molecule has 9 heteroatoms. The lowest BCUT2D eigenvalue weighted by Crippen LogP contribution is -2.37. The topological polar surface area (TPSA) is 111 Å². The summed E-state index contributed by atoms with van der Waals surface area (Å²) in [6.45, 7) is 6.13. The highest BCUT2D eigenvalue weighted by molar-refractivity contribution is 6.09.